The van der Waals surface area contributed by atoms with Crippen LogP contribution in [0.25, 0.3) is 10.9 Å². The van der Waals surface area contributed by atoms with Gasteiger partial charge in [0.05, 0.1) is 5.02 Å². The Labute approximate surface area is 122 Å². The van der Waals surface area contributed by atoms with Crippen molar-refractivity contribution < 1.29 is 0 Å². The molecule has 0 aliphatic carbocycles. The molecule has 0 saturated heterocycles. The van der Waals surface area contributed by atoms with Gasteiger partial charge in [-0.15, -0.1) is 0 Å². The van der Waals surface area contributed by atoms with Crippen LogP contribution in [0.4, 0.5) is 0 Å². The maximum absolute atomic E-state index is 6.24. The zero-order valence-corrected chi connectivity index (χ0v) is 12.4. The Morgan fingerprint density at radius 1 is 1.05 bits per heavy atom. The molecule has 3 heteroatoms. The summed E-state index contributed by atoms with van der Waals surface area (Å²) in [4.78, 5) is 5.78. The molecule has 0 radical (unpaired) electrons. The van der Waals surface area contributed by atoms with Gasteiger partial charge in [-0.2, -0.15) is 0 Å². The molecule has 0 fully saturated rings. The first-order valence-electron chi connectivity index (χ1n) is 6.16. The quantitative estimate of drug-likeness (QED) is 0.649. The van der Waals surface area contributed by atoms with Gasteiger partial charge >= 0.3 is 0 Å². The summed E-state index contributed by atoms with van der Waals surface area (Å²) in [5.41, 5.74) is 3.63. The molecule has 0 atom stereocenters. The summed E-state index contributed by atoms with van der Waals surface area (Å²) < 4.78 is 0. The van der Waals surface area contributed by atoms with Gasteiger partial charge in [0.15, 0.2) is 0 Å². The lowest BCUT2D eigenvalue weighted by molar-refractivity contribution is 1.23. The summed E-state index contributed by atoms with van der Waals surface area (Å²) >= 11 is 7.97. The molecular weight excluding hydrogens is 274 g/mol. The standard InChI is InChI=1S/C16H14ClNS/c1-10-7-8-14-12(9-10)16(11(2)18-14)19-15-6-4-3-5-13(15)17/h3-9,18H,1-2H3. The van der Waals surface area contributed by atoms with Crippen molar-refractivity contribution in [2.45, 2.75) is 23.6 Å². The molecule has 0 aliphatic rings. The number of benzene rings is 2. The number of aryl methyl sites for hydroxylation is 2. The first-order chi connectivity index (χ1) is 9.15. The van der Waals surface area contributed by atoms with Crippen LogP contribution in [0.1, 0.15) is 11.3 Å². The van der Waals surface area contributed by atoms with Gasteiger partial charge in [-0.25, -0.2) is 0 Å². The van der Waals surface area contributed by atoms with Gasteiger partial charge in [0.25, 0.3) is 0 Å². The van der Waals surface area contributed by atoms with Gasteiger partial charge in [0.1, 0.15) is 0 Å². The molecule has 1 heterocycles. The summed E-state index contributed by atoms with van der Waals surface area (Å²) in [7, 11) is 0. The minimum Gasteiger partial charge on any atom is -0.358 e. The van der Waals surface area contributed by atoms with Crippen LogP contribution in [0.2, 0.25) is 5.02 Å². The van der Waals surface area contributed by atoms with E-state index in [2.05, 4.69) is 43.1 Å². The number of aromatic amines is 1. The van der Waals surface area contributed by atoms with Crippen LogP contribution in [0, 0.1) is 13.8 Å². The van der Waals surface area contributed by atoms with Crippen LogP contribution < -0.4 is 0 Å². The fourth-order valence-corrected chi connectivity index (χ4v) is 3.45. The first kappa shape index (κ1) is 12.6. The van der Waals surface area contributed by atoms with Gasteiger partial charge in [-0.3, -0.25) is 0 Å². The van der Waals surface area contributed by atoms with Crippen molar-refractivity contribution in [2.24, 2.45) is 0 Å². The average molecular weight is 288 g/mol. The van der Waals surface area contributed by atoms with Crippen LogP contribution >= 0.6 is 23.4 Å². The van der Waals surface area contributed by atoms with Crippen molar-refractivity contribution in [2.75, 3.05) is 0 Å². The molecule has 1 N–H and O–H groups in total. The third-order valence-electron chi connectivity index (χ3n) is 3.13. The maximum atomic E-state index is 6.24. The van der Waals surface area contributed by atoms with Crippen LogP contribution in [0.5, 0.6) is 0 Å². The van der Waals surface area contributed by atoms with Crippen molar-refractivity contribution in [1.29, 1.82) is 0 Å². The number of rotatable bonds is 2. The maximum Gasteiger partial charge on any atom is 0.0545 e. The third kappa shape index (κ3) is 2.38. The molecular formula is C16H14ClNS. The molecule has 1 nitrogen and oxygen atoms in total. The van der Waals surface area contributed by atoms with E-state index in [4.69, 9.17) is 11.6 Å². The summed E-state index contributed by atoms with van der Waals surface area (Å²) in [5.74, 6) is 0. The Kier molecular flexibility index (Phi) is 3.29. The lowest BCUT2D eigenvalue weighted by Gasteiger charge is -2.04. The summed E-state index contributed by atoms with van der Waals surface area (Å²) in [6, 6.07) is 14.4. The number of hydrogen-bond donors (Lipinski definition) is 1. The summed E-state index contributed by atoms with van der Waals surface area (Å²) in [6.07, 6.45) is 0. The van der Waals surface area contributed by atoms with E-state index in [9.17, 15) is 0 Å². The molecule has 0 unspecified atom stereocenters. The van der Waals surface area contributed by atoms with E-state index in [-0.39, 0.29) is 0 Å². The predicted molar refractivity (Wildman–Crippen MR) is 83.3 cm³/mol. The normalized spacial score (nSPS) is 11.1. The Hall–Kier alpha value is -1.38. The van der Waals surface area contributed by atoms with Gasteiger partial charge in [-0.05, 0) is 38.1 Å². The number of fused-ring (bicyclic) bond motifs is 1. The van der Waals surface area contributed by atoms with E-state index in [1.165, 1.54) is 27.1 Å². The monoisotopic (exact) mass is 287 g/mol. The summed E-state index contributed by atoms with van der Waals surface area (Å²) in [5, 5.41) is 2.07. The molecule has 19 heavy (non-hydrogen) atoms. The SMILES string of the molecule is Cc1ccc2[nH]c(C)c(Sc3ccccc3Cl)c2c1. The molecule has 3 rings (SSSR count). The van der Waals surface area contributed by atoms with Crippen molar-refractivity contribution in [1.82, 2.24) is 4.98 Å². The molecule has 2 aromatic carbocycles. The van der Waals surface area contributed by atoms with E-state index in [0.29, 0.717) is 0 Å². The van der Waals surface area contributed by atoms with E-state index in [1.54, 1.807) is 11.8 Å². The highest BCUT2D eigenvalue weighted by atomic mass is 35.5. The Morgan fingerprint density at radius 2 is 1.84 bits per heavy atom. The van der Waals surface area contributed by atoms with Gasteiger partial charge in [0.2, 0.25) is 0 Å². The number of aromatic nitrogens is 1. The second-order valence-corrected chi connectivity index (χ2v) is 6.12. The number of nitrogens with one attached hydrogen (secondary N) is 1. The lowest BCUT2D eigenvalue weighted by atomic mass is 10.2. The van der Waals surface area contributed by atoms with E-state index in [1.807, 2.05) is 18.2 Å². The van der Waals surface area contributed by atoms with Crippen LogP contribution in [0.3, 0.4) is 0 Å². The molecule has 3 aromatic rings. The number of H-pyrrole nitrogens is 1. The molecule has 0 bridgehead atoms. The largest absolute Gasteiger partial charge is 0.358 e. The van der Waals surface area contributed by atoms with Crippen LogP contribution in [-0.2, 0) is 0 Å². The third-order valence-corrected chi connectivity index (χ3v) is 4.88. The zero-order chi connectivity index (χ0) is 13.4. The molecule has 0 aliphatic heterocycles. The molecule has 96 valence electrons. The highest BCUT2D eigenvalue weighted by Gasteiger charge is 2.11. The lowest BCUT2D eigenvalue weighted by Crippen LogP contribution is -1.77. The van der Waals surface area contributed by atoms with Crippen LogP contribution in [-0.4, -0.2) is 4.98 Å². The minimum atomic E-state index is 0.800. The van der Waals surface area contributed by atoms with E-state index in [0.717, 1.165) is 9.92 Å². The summed E-state index contributed by atoms with van der Waals surface area (Å²) in [6.45, 7) is 4.22. The number of halogens is 1. The van der Waals surface area contributed by atoms with Gasteiger partial charge in [-0.1, -0.05) is 47.1 Å². The Balaban J connectivity index is 2.12. The highest BCUT2D eigenvalue weighted by molar-refractivity contribution is 7.99. The van der Waals surface area contributed by atoms with Gasteiger partial charge in [0, 0.05) is 26.4 Å². The number of hydrogen-bond acceptors (Lipinski definition) is 1. The second-order valence-electron chi connectivity index (χ2n) is 4.66. The van der Waals surface area contributed by atoms with E-state index >= 15 is 0 Å². The molecule has 1 aromatic heterocycles. The van der Waals surface area contributed by atoms with E-state index < -0.39 is 0 Å². The topological polar surface area (TPSA) is 15.8 Å². The molecule has 0 saturated carbocycles. The Bertz CT molecular complexity index is 746. The highest BCUT2D eigenvalue weighted by Crippen LogP contribution is 2.39. The minimum absolute atomic E-state index is 0.800. The van der Waals surface area contributed by atoms with Gasteiger partial charge < -0.3 is 4.98 Å². The average Bonchev–Trinajstić information content (AvgIpc) is 2.69. The van der Waals surface area contributed by atoms with Crippen molar-refractivity contribution >= 4 is 34.3 Å². The Morgan fingerprint density at radius 3 is 2.63 bits per heavy atom. The molecule has 0 spiro atoms. The molecule has 0 amide bonds. The van der Waals surface area contributed by atoms with Crippen LogP contribution in [0.15, 0.2) is 52.3 Å². The first-order valence-corrected chi connectivity index (χ1v) is 7.36. The smallest absolute Gasteiger partial charge is 0.0545 e. The predicted octanol–water partition coefficient (Wildman–Crippen LogP) is 5.59. The van der Waals surface area contributed by atoms with Crippen molar-refractivity contribution in [3.8, 4) is 0 Å². The van der Waals surface area contributed by atoms with Crippen molar-refractivity contribution in [3.63, 3.8) is 0 Å². The fourth-order valence-electron chi connectivity index (χ4n) is 2.18. The fraction of sp³-hybridized carbons (Fsp3) is 0.125. The van der Waals surface area contributed by atoms with Crippen molar-refractivity contribution in [3.05, 3.63) is 58.7 Å². The zero-order valence-electron chi connectivity index (χ0n) is 10.8. The second kappa shape index (κ2) is 4.95.